The van der Waals surface area contributed by atoms with E-state index in [4.69, 9.17) is 4.74 Å². The maximum Gasteiger partial charge on any atom is 0.416 e. The standard InChI is InChI=1S/C16H20BrF3O/c17-14(8-9-15-3-1-2-10-21-15)11-12-4-6-13(7-5-12)16(18,19)20/h4-7,14-15H,1-3,8-11H2. The Kier molecular flexibility index (Phi) is 6.11. The summed E-state index contributed by atoms with van der Waals surface area (Å²) < 4.78 is 43.1. The molecule has 1 aliphatic rings. The average molecular weight is 365 g/mol. The van der Waals surface area contributed by atoms with E-state index in [9.17, 15) is 13.2 Å². The minimum atomic E-state index is -4.26. The molecule has 0 aromatic heterocycles. The van der Waals surface area contributed by atoms with E-state index in [1.165, 1.54) is 6.42 Å². The van der Waals surface area contributed by atoms with E-state index < -0.39 is 11.7 Å². The molecule has 1 fully saturated rings. The molecule has 0 amide bonds. The summed E-state index contributed by atoms with van der Waals surface area (Å²) in [5.74, 6) is 0. The van der Waals surface area contributed by atoms with E-state index in [0.717, 1.165) is 56.4 Å². The molecule has 1 nitrogen and oxygen atoms in total. The first kappa shape index (κ1) is 16.8. The third kappa shape index (κ3) is 5.62. The Bertz CT molecular complexity index is 424. The van der Waals surface area contributed by atoms with Crippen molar-refractivity contribution < 1.29 is 17.9 Å². The van der Waals surface area contributed by atoms with Crippen LogP contribution in [0.4, 0.5) is 13.2 Å². The van der Waals surface area contributed by atoms with Gasteiger partial charge in [-0.15, -0.1) is 0 Å². The number of hydrogen-bond acceptors (Lipinski definition) is 1. The van der Waals surface area contributed by atoms with Crippen molar-refractivity contribution in [3.63, 3.8) is 0 Å². The van der Waals surface area contributed by atoms with Gasteiger partial charge in [-0.25, -0.2) is 0 Å². The molecule has 1 saturated heterocycles. The van der Waals surface area contributed by atoms with Gasteiger partial charge in [-0.05, 0) is 56.2 Å². The van der Waals surface area contributed by atoms with Crippen molar-refractivity contribution in [3.05, 3.63) is 35.4 Å². The maximum absolute atomic E-state index is 12.5. The summed E-state index contributed by atoms with van der Waals surface area (Å²) >= 11 is 3.62. The third-order valence-electron chi connectivity index (χ3n) is 3.81. The van der Waals surface area contributed by atoms with Gasteiger partial charge in [0.2, 0.25) is 0 Å². The predicted octanol–water partition coefficient (Wildman–Crippen LogP) is 5.36. The van der Waals surface area contributed by atoms with Gasteiger partial charge in [-0.2, -0.15) is 13.2 Å². The largest absolute Gasteiger partial charge is 0.416 e. The summed E-state index contributed by atoms with van der Waals surface area (Å²) in [4.78, 5) is 0.278. The van der Waals surface area contributed by atoms with Gasteiger partial charge in [0.1, 0.15) is 0 Å². The zero-order chi connectivity index (χ0) is 15.3. The van der Waals surface area contributed by atoms with E-state index in [1.807, 2.05) is 0 Å². The molecule has 1 heterocycles. The number of alkyl halides is 4. The zero-order valence-electron chi connectivity index (χ0n) is 11.8. The van der Waals surface area contributed by atoms with Gasteiger partial charge >= 0.3 is 6.18 Å². The van der Waals surface area contributed by atoms with Gasteiger partial charge in [0, 0.05) is 11.4 Å². The molecule has 21 heavy (non-hydrogen) atoms. The zero-order valence-corrected chi connectivity index (χ0v) is 13.4. The van der Waals surface area contributed by atoms with E-state index in [2.05, 4.69) is 15.9 Å². The fourth-order valence-corrected chi connectivity index (χ4v) is 3.23. The summed E-state index contributed by atoms with van der Waals surface area (Å²) in [5.41, 5.74) is 0.336. The molecular weight excluding hydrogens is 345 g/mol. The highest BCUT2D eigenvalue weighted by atomic mass is 79.9. The Labute approximate surface area is 132 Å². The van der Waals surface area contributed by atoms with Crippen LogP contribution < -0.4 is 0 Å². The Morgan fingerprint density at radius 1 is 1.19 bits per heavy atom. The van der Waals surface area contributed by atoms with Crippen LogP contribution >= 0.6 is 15.9 Å². The lowest BCUT2D eigenvalue weighted by molar-refractivity contribution is -0.137. The molecule has 0 spiro atoms. The van der Waals surface area contributed by atoms with Crippen molar-refractivity contribution in [1.82, 2.24) is 0 Å². The second-order valence-electron chi connectivity index (χ2n) is 5.56. The topological polar surface area (TPSA) is 9.23 Å². The van der Waals surface area contributed by atoms with Gasteiger partial charge in [-0.1, -0.05) is 28.1 Å². The SMILES string of the molecule is FC(F)(F)c1ccc(CC(Br)CCC2CCCCO2)cc1. The lowest BCUT2D eigenvalue weighted by Crippen LogP contribution is -2.20. The normalized spacial score (nSPS) is 21.2. The second kappa shape index (κ2) is 7.63. The van der Waals surface area contributed by atoms with E-state index in [-0.39, 0.29) is 4.83 Å². The van der Waals surface area contributed by atoms with Crippen LogP contribution in [0.15, 0.2) is 24.3 Å². The van der Waals surface area contributed by atoms with E-state index >= 15 is 0 Å². The summed E-state index contributed by atoms with van der Waals surface area (Å²) in [6.07, 6.45) is 2.33. The van der Waals surface area contributed by atoms with Crippen molar-refractivity contribution >= 4 is 15.9 Å². The highest BCUT2D eigenvalue weighted by molar-refractivity contribution is 9.09. The second-order valence-corrected chi connectivity index (χ2v) is 6.86. The molecule has 2 rings (SSSR count). The lowest BCUT2D eigenvalue weighted by atomic mass is 10.0. The predicted molar refractivity (Wildman–Crippen MR) is 80.7 cm³/mol. The Morgan fingerprint density at radius 3 is 2.48 bits per heavy atom. The molecule has 2 atom stereocenters. The van der Waals surface area contributed by atoms with Crippen molar-refractivity contribution in [3.8, 4) is 0 Å². The molecule has 5 heteroatoms. The van der Waals surface area contributed by atoms with E-state index in [0.29, 0.717) is 6.10 Å². The van der Waals surface area contributed by atoms with Gasteiger partial charge in [-0.3, -0.25) is 0 Å². The summed E-state index contributed by atoms with van der Waals surface area (Å²) in [5, 5.41) is 0. The van der Waals surface area contributed by atoms with Crippen molar-refractivity contribution in [2.75, 3.05) is 6.61 Å². The lowest BCUT2D eigenvalue weighted by Gasteiger charge is -2.23. The first-order valence-corrected chi connectivity index (χ1v) is 8.28. The molecule has 1 aromatic rings. The molecule has 1 aliphatic heterocycles. The highest BCUT2D eigenvalue weighted by Crippen LogP contribution is 2.29. The molecular formula is C16H20BrF3O. The molecule has 0 aliphatic carbocycles. The van der Waals surface area contributed by atoms with Crippen LogP contribution in [0.5, 0.6) is 0 Å². The number of halogens is 4. The smallest absolute Gasteiger partial charge is 0.378 e. The van der Waals surface area contributed by atoms with Crippen LogP contribution in [-0.4, -0.2) is 17.5 Å². The summed E-state index contributed by atoms with van der Waals surface area (Å²) in [7, 11) is 0. The van der Waals surface area contributed by atoms with Crippen LogP contribution in [0.3, 0.4) is 0 Å². The average Bonchev–Trinajstić information content (AvgIpc) is 2.46. The van der Waals surface area contributed by atoms with Gasteiger partial charge in [0.05, 0.1) is 11.7 Å². The van der Waals surface area contributed by atoms with Gasteiger partial charge in [0.25, 0.3) is 0 Å². The minimum Gasteiger partial charge on any atom is -0.378 e. The number of hydrogen-bond donors (Lipinski definition) is 0. The van der Waals surface area contributed by atoms with Crippen molar-refractivity contribution in [2.24, 2.45) is 0 Å². The van der Waals surface area contributed by atoms with Crippen LogP contribution in [0.2, 0.25) is 0 Å². The molecule has 0 radical (unpaired) electrons. The van der Waals surface area contributed by atoms with Gasteiger partial charge < -0.3 is 4.74 Å². The van der Waals surface area contributed by atoms with Crippen LogP contribution in [0.25, 0.3) is 0 Å². The molecule has 2 unspecified atom stereocenters. The Morgan fingerprint density at radius 2 is 1.90 bits per heavy atom. The Balaban J connectivity index is 1.78. The van der Waals surface area contributed by atoms with Gasteiger partial charge in [0.15, 0.2) is 0 Å². The maximum atomic E-state index is 12.5. The Hall–Kier alpha value is -0.550. The fraction of sp³-hybridized carbons (Fsp3) is 0.625. The molecule has 0 bridgehead atoms. The third-order valence-corrected chi connectivity index (χ3v) is 4.60. The van der Waals surface area contributed by atoms with Crippen LogP contribution in [0.1, 0.15) is 43.2 Å². The number of rotatable bonds is 5. The van der Waals surface area contributed by atoms with Crippen molar-refractivity contribution in [1.29, 1.82) is 0 Å². The monoisotopic (exact) mass is 364 g/mol. The minimum absolute atomic E-state index is 0.278. The fourth-order valence-electron chi connectivity index (χ4n) is 2.59. The van der Waals surface area contributed by atoms with Crippen molar-refractivity contribution in [2.45, 2.75) is 55.6 Å². The van der Waals surface area contributed by atoms with Crippen LogP contribution in [0, 0.1) is 0 Å². The van der Waals surface area contributed by atoms with Crippen LogP contribution in [-0.2, 0) is 17.3 Å². The molecule has 1 aromatic carbocycles. The summed E-state index contributed by atoms with van der Waals surface area (Å²) in [6.45, 7) is 0.858. The molecule has 0 saturated carbocycles. The highest BCUT2D eigenvalue weighted by Gasteiger charge is 2.29. The number of ether oxygens (including phenoxy) is 1. The van der Waals surface area contributed by atoms with E-state index in [1.54, 1.807) is 12.1 Å². The molecule has 0 N–H and O–H groups in total. The number of benzene rings is 1. The molecule has 118 valence electrons. The quantitative estimate of drug-likeness (QED) is 0.639. The first-order chi connectivity index (χ1) is 9.95. The first-order valence-electron chi connectivity index (χ1n) is 7.37. The summed E-state index contributed by atoms with van der Waals surface area (Å²) in [6, 6.07) is 5.43.